The molecule has 34 heavy (non-hydrogen) atoms. The van der Waals surface area contributed by atoms with E-state index < -0.39 is 5.91 Å². The van der Waals surface area contributed by atoms with Gasteiger partial charge in [0.15, 0.2) is 5.69 Å². The molecule has 2 aliphatic rings. The van der Waals surface area contributed by atoms with Crippen LogP contribution in [0.15, 0.2) is 66.9 Å². The van der Waals surface area contributed by atoms with Crippen LogP contribution in [0.5, 0.6) is 0 Å². The summed E-state index contributed by atoms with van der Waals surface area (Å²) in [5, 5.41) is 5.49. The SMILES string of the molecule is Cc1cc(C(N)=O)nn1-c1ccc2c(ccn2Cc2ccc(C3=CCN4CCC[C@@H]3C4)cc2)c1. The number of aromatic nitrogens is 3. The smallest absolute Gasteiger partial charge is 0.269 e. The van der Waals surface area contributed by atoms with Crippen molar-refractivity contribution in [3.05, 3.63) is 89.4 Å². The maximum Gasteiger partial charge on any atom is 0.269 e. The first-order chi connectivity index (χ1) is 16.5. The molecule has 0 spiro atoms. The number of benzene rings is 2. The zero-order valence-corrected chi connectivity index (χ0v) is 19.4. The summed E-state index contributed by atoms with van der Waals surface area (Å²) in [5.41, 5.74) is 12.8. The number of fused-ring (bicyclic) bond motifs is 3. The summed E-state index contributed by atoms with van der Waals surface area (Å²) in [7, 11) is 0. The Hall–Kier alpha value is -3.64. The second kappa shape index (κ2) is 8.29. The molecule has 2 aliphatic heterocycles. The maximum atomic E-state index is 11.5. The van der Waals surface area contributed by atoms with Crippen molar-refractivity contribution in [1.82, 2.24) is 19.2 Å². The fraction of sp³-hybridized carbons (Fsp3) is 0.286. The fourth-order valence-corrected chi connectivity index (χ4v) is 5.54. The van der Waals surface area contributed by atoms with Crippen molar-refractivity contribution < 1.29 is 4.79 Å². The number of primary amides is 1. The Balaban J connectivity index is 1.23. The molecule has 2 bridgehead atoms. The molecular weight excluding hydrogens is 422 g/mol. The molecule has 6 nitrogen and oxygen atoms in total. The van der Waals surface area contributed by atoms with Gasteiger partial charge in [-0.15, -0.1) is 0 Å². The van der Waals surface area contributed by atoms with E-state index in [0.29, 0.717) is 5.92 Å². The largest absolute Gasteiger partial charge is 0.364 e. The normalized spacial score (nSPS) is 19.9. The second-order valence-corrected chi connectivity index (χ2v) is 9.59. The number of nitrogens with two attached hydrogens (primary N) is 1. The van der Waals surface area contributed by atoms with Crippen LogP contribution >= 0.6 is 0 Å². The number of amides is 1. The van der Waals surface area contributed by atoms with Gasteiger partial charge in [-0.2, -0.15) is 5.10 Å². The summed E-state index contributed by atoms with van der Waals surface area (Å²) < 4.78 is 4.04. The highest BCUT2D eigenvalue weighted by atomic mass is 16.1. The van der Waals surface area contributed by atoms with E-state index >= 15 is 0 Å². The van der Waals surface area contributed by atoms with Crippen molar-refractivity contribution in [3.8, 4) is 5.69 Å². The third-order valence-corrected chi connectivity index (χ3v) is 7.29. The molecule has 2 N–H and O–H groups in total. The molecule has 172 valence electrons. The van der Waals surface area contributed by atoms with Crippen LogP contribution in [-0.2, 0) is 6.54 Å². The van der Waals surface area contributed by atoms with E-state index in [1.807, 2.05) is 13.0 Å². The monoisotopic (exact) mass is 451 g/mol. The molecular formula is C28H29N5O. The molecule has 2 aromatic carbocycles. The number of carbonyl (C=O) groups is 1. The molecule has 0 aliphatic carbocycles. The predicted molar refractivity (Wildman–Crippen MR) is 135 cm³/mol. The minimum absolute atomic E-state index is 0.281. The van der Waals surface area contributed by atoms with Gasteiger partial charge in [0, 0.05) is 42.4 Å². The topological polar surface area (TPSA) is 69.1 Å². The highest BCUT2D eigenvalue weighted by Crippen LogP contribution is 2.34. The summed E-state index contributed by atoms with van der Waals surface area (Å²) >= 11 is 0. The first kappa shape index (κ1) is 20.9. The molecule has 1 fully saturated rings. The molecule has 1 unspecified atom stereocenters. The number of piperidine rings is 1. The number of nitrogens with zero attached hydrogens (tertiary/aromatic N) is 4. The minimum Gasteiger partial charge on any atom is -0.364 e. The van der Waals surface area contributed by atoms with Gasteiger partial charge in [0.1, 0.15) is 0 Å². The van der Waals surface area contributed by atoms with E-state index in [1.54, 1.807) is 10.7 Å². The Bertz CT molecular complexity index is 1410. The molecule has 0 radical (unpaired) electrons. The van der Waals surface area contributed by atoms with E-state index in [2.05, 4.69) is 69.3 Å². The van der Waals surface area contributed by atoms with E-state index in [9.17, 15) is 4.79 Å². The summed E-state index contributed by atoms with van der Waals surface area (Å²) in [4.78, 5) is 14.1. The van der Waals surface area contributed by atoms with E-state index in [-0.39, 0.29) is 5.69 Å². The number of carbonyl (C=O) groups excluding carboxylic acids is 1. The average molecular weight is 452 g/mol. The van der Waals surface area contributed by atoms with Crippen LogP contribution in [0.25, 0.3) is 22.2 Å². The van der Waals surface area contributed by atoms with Gasteiger partial charge in [0.25, 0.3) is 5.91 Å². The number of aryl methyl sites for hydroxylation is 1. The lowest BCUT2D eigenvalue weighted by Crippen LogP contribution is -2.39. The van der Waals surface area contributed by atoms with Crippen LogP contribution in [-0.4, -0.2) is 44.8 Å². The molecule has 6 rings (SSSR count). The number of hydrogen-bond acceptors (Lipinski definition) is 3. The lowest BCUT2D eigenvalue weighted by atomic mass is 9.83. The van der Waals surface area contributed by atoms with Crippen molar-refractivity contribution in [2.75, 3.05) is 19.6 Å². The molecule has 1 saturated heterocycles. The van der Waals surface area contributed by atoms with Crippen LogP contribution in [0.1, 0.15) is 40.2 Å². The van der Waals surface area contributed by atoms with Gasteiger partial charge in [0.2, 0.25) is 0 Å². The number of hydrogen-bond donors (Lipinski definition) is 1. The van der Waals surface area contributed by atoms with E-state index in [0.717, 1.165) is 29.9 Å². The highest BCUT2D eigenvalue weighted by Gasteiger charge is 2.26. The first-order valence-corrected chi connectivity index (χ1v) is 12.0. The Morgan fingerprint density at radius 1 is 1.12 bits per heavy atom. The second-order valence-electron chi connectivity index (χ2n) is 9.59. The lowest BCUT2D eigenvalue weighted by Gasteiger charge is -2.37. The van der Waals surface area contributed by atoms with Gasteiger partial charge in [-0.25, -0.2) is 4.68 Å². The van der Waals surface area contributed by atoms with Gasteiger partial charge in [-0.05, 0) is 79.3 Å². The van der Waals surface area contributed by atoms with Crippen molar-refractivity contribution in [1.29, 1.82) is 0 Å². The van der Waals surface area contributed by atoms with Crippen LogP contribution in [0.3, 0.4) is 0 Å². The van der Waals surface area contributed by atoms with Crippen molar-refractivity contribution in [2.24, 2.45) is 11.7 Å². The van der Waals surface area contributed by atoms with Crippen LogP contribution in [0.4, 0.5) is 0 Å². The molecule has 2 atom stereocenters. The Kier molecular flexibility index (Phi) is 5.11. The molecule has 1 amide bonds. The quantitative estimate of drug-likeness (QED) is 0.489. The van der Waals surface area contributed by atoms with Crippen LogP contribution < -0.4 is 5.73 Å². The lowest BCUT2D eigenvalue weighted by molar-refractivity contribution is 0.0995. The fourth-order valence-electron chi connectivity index (χ4n) is 5.54. The Morgan fingerprint density at radius 2 is 1.97 bits per heavy atom. The molecule has 0 saturated carbocycles. The van der Waals surface area contributed by atoms with Gasteiger partial charge in [-0.3, -0.25) is 9.69 Å². The summed E-state index contributed by atoms with van der Waals surface area (Å²) in [6.07, 6.45) is 7.19. The predicted octanol–water partition coefficient (Wildman–Crippen LogP) is 4.39. The highest BCUT2D eigenvalue weighted by molar-refractivity contribution is 5.91. The molecule has 2 aromatic heterocycles. The van der Waals surface area contributed by atoms with Crippen molar-refractivity contribution in [3.63, 3.8) is 0 Å². The number of rotatable bonds is 5. The maximum absolute atomic E-state index is 11.5. The summed E-state index contributed by atoms with van der Waals surface area (Å²) in [5.74, 6) is 0.175. The van der Waals surface area contributed by atoms with Gasteiger partial charge in [-0.1, -0.05) is 30.3 Å². The third-order valence-electron chi connectivity index (χ3n) is 7.29. The minimum atomic E-state index is -0.513. The zero-order valence-electron chi connectivity index (χ0n) is 19.4. The van der Waals surface area contributed by atoms with Crippen molar-refractivity contribution >= 4 is 22.4 Å². The van der Waals surface area contributed by atoms with Crippen LogP contribution in [0, 0.1) is 12.8 Å². The van der Waals surface area contributed by atoms with Gasteiger partial charge < -0.3 is 10.3 Å². The van der Waals surface area contributed by atoms with E-state index in [1.165, 1.54) is 48.1 Å². The van der Waals surface area contributed by atoms with Crippen LogP contribution in [0.2, 0.25) is 0 Å². The summed E-state index contributed by atoms with van der Waals surface area (Å²) in [6, 6.07) is 19.2. The van der Waals surface area contributed by atoms with Crippen molar-refractivity contribution in [2.45, 2.75) is 26.3 Å². The summed E-state index contributed by atoms with van der Waals surface area (Å²) in [6.45, 7) is 6.30. The zero-order chi connectivity index (χ0) is 23.2. The molecule has 4 aromatic rings. The van der Waals surface area contributed by atoms with Gasteiger partial charge in [0.05, 0.1) is 5.69 Å². The molecule has 4 heterocycles. The van der Waals surface area contributed by atoms with Gasteiger partial charge >= 0.3 is 0 Å². The standard InChI is InChI=1S/C28H29N5O/c1-19-15-26(28(29)34)30-33(19)24-8-9-27-22(16-24)10-14-32(27)17-20-4-6-21(7-5-20)25-11-13-31-12-2-3-23(25)18-31/h4-11,14-16,23H,2-3,12-13,17-18H2,1H3,(H2,29,34)/t23-/m1/s1. The Morgan fingerprint density at radius 3 is 2.76 bits per heavy atom. The first-order valence-electron chi connectivity index (χ1n) is 12.0. The molecule has 6 heteroatoms. The van der Waals surface area contributed by atoms with E-state index in [4.69, 9.17) is 5.73 Å². The third kappa shape index (κ3) is 3.74. The Labute approximate surface area is 199 Å². The average Bonchev–Trinajstić information content (AvgIpc) is 3.43.